The Balaban J connectivity index is 0.00000106. The molecule has 1 aliphatic carbocycles. The molecule has 3 heterocycles. The van der Waals surface area contributed by atoms with E-state index in [1.807, 2.05) is 39.8 Å². The number of aromatic nitrogens is 3. The fourth-order valence-electron chi connectivity index (χ4n) is 5.75. The first kappa shape index (κ1) is 33.4. The van der Waals surface area contributed by atoms with Crippen LogP contribution in [-0.2, 0) is 24.3 Å². The van der Waals surface area contributed by atoms with Crippen molar-refractivity contribution in [1.82, 2.24) is 14.5 Å². The molecule has 2 fully saturated rings. The lowest BCUT2D eigenvalue weighted by molar-refractivity contribution is -0.0590. The number of hydrogen-bond acceptors (Lipinski definition) is 5. The molecular formula is C35H43ClFN3O4. The zero-order valence-corrected chi connectivity index (χ0v) is 26.8. The second kappa shape index (κ2) is 16.0. The van der Waals surface area contributed by atoms with Gasteiger partial charge in [-0.05, 0) is 74.4 Å². The molecule has 1 unspecified atom stereocenters. The Labute approximate surface area is 264 Å². The van der Waals surface area contributed by atoms with Gasteiger partial charge in [0.25, 0.3) is 0 Å². The van der Waals surface area contributed by atoms with Crippen molar-refractivity contribution in [3.63, 3.8) is 0 Å². The molecule has 2 aromatic carbocycles. The number of carboxylic acid groups (broad SMARTS) is 1. The highest BCUT2D eigenvalue weighted by Crippen LogP contribution is 2.37. The highest BCUT2D eigenvalue weighted by atomic mass is 35.5. The summed E-state index contributed by atoms with van der Waals surface area (Å²) in [6, 6.07) is 15.5. The summed E-state index contributed by atoms with van der Waals surface area (Å²) in [4.78, 5) is 21.2. The summed E-state index contributed by atoms with van der Waals surface area (Å²) >= 11 is 5.84. The summed E-state index contributed by atoms with van der Waals surface area (Å²) < 4.78 is 27.8. The third-order valence-corrected chi connectivity index (χ3v) is 8.36. The third-order valence-electron chi connectivity index (χ3n) is 8.13. The molecule has 0 amide bonds. The van der Waals surface area contributed by atoms with Gasteiger partial charge in [-0.15, -0.1) is 0 Å². The SMILES string of the molecule is CC.CC.O=C(O)c1ccc2nc(CC3CCC(c4cccc(OCc5ccc(Cl)cc5F)n4)CC3)n(CC3CCO3)c2c1. The normalized spacial score (nSPS) is 19.2. The Morgan fingerprint density at radius 1 is 1.02 bits per heavy atom. The fraction of sp³-hybridized carbons (Fsp3) is 0.457. The van der Waals surface area contributed by atoms with Crippen LogP contribution in [0.5, 0.6) is 5.88 Å². The Morgan fingerprint density at radius 3 is 2.43 bits per heavy atom. The molecule has 7 nitrogen and oxygen atoms in total. The topological polar surface area (TPSA) is 86.5 Å². The molecule has 9 heteroatoms. The zero-order valence-electron chi connectivity index (χ0n) is 26.1. The molecule has 1 saturated carbocycles. The lowest BCUT2D eigenvalue weighted by Crippen LogP contribution is -2.32. The van der Waals surface area contributed by atoms with E-state index in [9.17, 15) is 14.3 Å². The van der Waals surface area contributed by atoms with Gasteiger partial charge in [0.05, 0.1) is 29.2 Å². The smallest absolute Gasteiger partial charge is 0.335 e. The molecule has 236 valence electrons. The first-order valence-corrected chi connectivity index (χ1v) is 16.2. The number of rotatable bonds is 9. The number of nitrogens with zero attached hydrogens (tertiary/aromatic N) is 3. The van der Waals surface area contributed by atoms with Crippen molar-refractivity contribution in [1.29, 1.82) is 0 Å². The van der Waals surface area contributed by atoms with Crippen molar-refractivity contribution in [2.45, 2.75) is 91.4 Å². The molecule has 4 aromatic rings. The number of imidazole rings is 1. The molecule has 1 saturated heterocycles. The largest absolute Gasteiger partial charge is 0.478 e. The highest BCUT2D eigenvalue weighted by Gasteiger charge is 2.27. The standard InChI is InChI=1S/C31H31ClFN3O4.2C2H6/c32-23-10-8-22(25(33)16-23)18-40-30-3-1-2-26(35-30)20-6-4-19(5-7-20)14-29-34-27-11-9-21(31(37)38)15-28(27)36(29)17-24-12-13-39-24;2*1-2/h1-3,8-11,15-16,19-20,24H,4-7,12-14,17-18H2,(H,37,38);2*1-2H3. The van der Waals surface area contributed by atoms with E-state index >= 15 is 0 Å². The van der Waals surface area contributed by atoms with Crippen LogP contribution in [0.15, 0.2) is 54.6 Å². The summed E-state index contributed by atoms with van der Waals surface area (Å²) in [6.07, 6.45) is 6.14. The molecule has 0 radical (unpaired) electrons. The molecule has 2 aromatic heterocycles. The van der Waals surface area contributed by atoms with Gasteiger partial charge in [0.15, 0.2) is 0 Å². The molecule has 44 heavy (non-hydrogen) atoms. The van der Waals surface area contributed by atoms with Crippen LogP contribution in [0.4, 0.5) is 4.39 Å². The van der Waals surface area contributed by atoms with E-state index in [-0.39, 0.29) is 18.3 Å². The number of carbonyl (C=O) groups is 1. The van der Waals surface area contributed by atoms with Crippen LogP contribution in [0.1, 0.15) is 93.2 Å². The van der Waals surface area contributed by atoms with Crippen molar-refractivity contribution in [3.8, 4) is 5.88 Å². The number of aromatic carboxylic acids is 1. The lowest BCUT2D eigenvalue weighted by atomic mass is 9.79. The van der Waals surface area contributed by atoms with Crippen molar-refractivity contribution in [3.05, 3.63) is 88.1 Å². The summed E-state index contributed by atoms with van der Waals surface area (Å²) in [6.45, 7) is 9.56. The first-order valence-electron chi connectivity index (χ1n) is 15.8. The molecule has 1 N–H and O–H groups in total. The fourth-order valence-corrected chi connectivity index (χ4v) is 5.91. The quantitative estimate of drug-likeness (QED) is 0.200. The minimum atomic E-state index is -0.936. The van der Waals surface area contributed by atoms with Crippen LogP contribution in [-0.4, -0.2) is 38.3 Å². The monoisotopic (exact) mass is 623 g/mol. The van der Waals surface area contributed by atoms with E-state index in [4.69, 9.17) is 31.0 Å². The number of ether oxygens (including phenoxy) is 2. The number of fused-ring (bicyclic) bond motifs is 1. The number of pyridine rings is 1. The Hall–Kier alpha value is -3.49. The minimum Gasteiger partial charge on any atom is -0.478 e. The van der Waals surface area contributed by atoms with Crippen LogP contribution in [0.2, 0.25) is 5.02 Å². The van der Waals surface area contributed by atoms with E-state index in [1.165, 1.54) is 6.07 Å². The molecule has 0 spiro atoms. The molecule has 1 atom stereocenters. The highest BCUT2D eigenvalue weighted by molar-refractivity contribution is 6.30. The Kier molecular flexibility index (Phi) is 12.1. The minimum absolute atomic E-state index is 0.0903. The van der Waals surface area contributed by atoms with Crippen LogP contribution in [0.25, 0.3) is 11.0 Å². The maximum Gasteiger partial charge on any atom is 0.335 e. The molecule has 6 rings (SSSR count). The van der Waals surface area contributed by atoms with Gasteiger partial charge >= 0.3 is 5.97 Å². The second-order valence-electron chi connectivity index (χ2n) is 10.8. The third kappa shape index (κ3) is 8.16. The lowest BCUT2D eigenvalue weighted by Gasteiger charge is -2.30. The van der Waals surface area contributed by atoms with Gasteiger partial charge in [-0.3, -0.25) is 0 Å². The van der Waals surface area contributed by atoms with Gasteiger partial charge < -0.3 is 19.1 Å². The maximum atomic E-state index is 14.1. The average Bonchev–Trinajstić information content (AvgIpc) is 3.36. The van der Waals surface area contributed by atoms with Crippen molar-refractivity contribution < 1.29 is 23.8 Å². The van der Waals surface area contributed by atoms with Gasteiger partial charge in [0.2, 0.25) is 5.88 Å². The van der Waals surface area contributed by atoms with E-state index < -0.39 is 11.8 Å². The van der Waals surface area contributed by atoms with E-state index in [0.29, 0.717) is 34.8 Å². The van der Waals surface area contributed by atoms with E-state index in [2.05, 4.69) is 4.57 Å². The molecule has 2 aliphatic rings. The molecule has 1 aliphatic heterocycles. The predicted molar refractivity (Wildman–Crippen MR) is 172 cm³/mol. The Morgan fingerprint density at radius 2 is 1.77 bits per heavy atom. The van der Waals surface area contributed by atoms with Crippen molar-refractivity contribution >= 4 is 28.6 Å². The first-order chi connectivity index (χ1) is 21.4. The van der Waals surface area contributed by atoms with Crippen LogP contribution in [0, 0.1) is 11.7 Å². The number of benzene rings is 2. The zero-order chi connectivity index (χ0) is 31.6. The predicted octanol–water partition coefficient (Wildman–Crippen LogP) is 8.86. The van der Waals surface area contributed by atoms with Gasteiger partial charge in [0.1, 0.15) is 18.2 Å². The van der Waals surface area contributed by atoms with Crippen molar-refractivity contribution in [2.24, 2.45) is 5.92 Å². The summed E-state index contributed by atoms with van der Waals surface area (Å²) in [5.74, 6) is 0.988. The number of halogens is 2. The van der Waals surface area contributed by atoms with E-state index in [0.717, 1.165) is 67.7 Å². The van der Waals surface area contributed by atoms with Gasteiger partial charge in [-0.25, -0.2) is 19.2 Å². The molecular weight excluding hydrogens is 581 g/mol. The van der Waals surface area contributed by atoms with Crippen LogP contribution < -0.4 is 4.74 Å². The van der Waals surface area contributed by atoms with E-state index in [1.54, 1.807) is 36.4 Å². The van der Waals surface area contributed by atoms with Crippen LogP contribution in [0.3, 0.4) is 0 Å². The van der Waals surface area contributed by atoms with Gasteiger partial charge in [-0.2, -0.15) is 0 Å². The average molecular weight is 624 g/mol. The maximum absolute atomic E-state index is 14.1. The summed E-state index contributed by atoms with van der Waals surface area (Å²) in [5, 5.41) is 9.85. The number of hydrogen-bond donors (Lipinski definition) is 1. The van der Waals surface area contributed by atoms with Gasteiger partial charge in [-0.1, -0.05) is 51.4 Å². The van der Waals surface area contributed by atoms with Crippen LogP contribution >= 0.6 is 11.6 Å². The Bertz CT molecular complexity index is 1530. The summed E-state index contributed by atoms with van der Waals surface area (Å²) in [5.41, 5.74) is 3.40. The summed E-state index contributed by atoms with van der Waals surface area (Å²) in [7, 11) is 0. The second-order valence-corrected chi connectivity index (χ2v) is 11.2. The van der Waals surface area contributed by atoms with Gasteiger partial charge in [0, 0.05) is 41.3 Å². The molecule has 0 bridgehead atoms. The number of carboxylic acids is 1. The van der Waals surface area contributed by atoms with Crippen molar-refractivity contribution in [2.75, 3.05) is 6.61 Å².